The predicted octanol–water partition coefficient (Wildman–Crippen LogP) is 4.33. The lowest BCUT2D eigenvalue weighted by Gasteiger charge is -2.31. The molecular formula is C20H18F3N3O2. The smallest absolute Gasteiger partial charge is 0.419 e. The highest BCUT2D eigenvalue weighted by atomic mass is 19.4. The molecular weight excluding hydrogens is 371 g/mol. The summed E-state index contributed by atoms with van der Waals surface area (Å²) in [6.45, 7) is 2.01. The molecule has 0 saturated carbocycles. The summed E-state index contributed by atoms with van der Waals surface area (Å²) in [4.78, 5) is 0. The van der Waals surface area contributed by atoms with Crippen LogP contribution in [0.3, 0.4) is 0 Å². The van der Waals surface area contributed by atoms with E-state index in [9.17, 15) is 18.3 Å². The maximum Gasteiger partial charge on any atom is 0.419 e. The summed E-state index contributed by atoms with van der Waals surface area (Å²) in [5.41, 5.74) is 7.93. The number of nitrogens with zero attached hydrogens (tertiary/aromatic N) is 2. The van der Waals surface area contributed by atoms with E-state index in [1.54, 1.807) is 0 Å². The van der Waals surface area contributed by atoms with Gasteiger partial charge in [-0.05, 0) is 67.6 Å². The Balaban J connectivity index is 1.68. The standard InChI is InChI=1S/C20H18F3N3O2/c1-19(24)7-6-11-2-3-12(8-14(11)10-19)17-25-26-18(28-17)13-4-5-16(27)15(9-13)20(21,22)23/h2-5,8-9,27H,6-7,10,24H2,1H3/t19-/m0/s1. The summed E-state index contributed by atoms with van der Waals surface area (Å²) in [6.07, 6.45) is -2.15. The van der Waals surface area contributed by atoms with Crippen LogP contribution in [-0.4, -0.2) is 20.8 Å². The summed E-state index contributed by atoms with van der Waals surface area (Å²) in [6, 6.07) is 8.84. The van der Waals surface area contributed by atoms with Gasteiger partial charge in [-0.2, -0.15) is 13.2 Å². The number of fused-ring (bicyclic) bond motifs is 1. The second-order valence-corrected chi connectivity index (χ2v) is 7.46. The van der Waals surface area contributed by atoms with Gasteiger partial charge in [0.25, 0.3) is 0 Å². The van der Waals surface area contributed by atoms with E-state index in [4.69, 9.17) is 10.2 Å². The largest absolute Gasteiger partial charge is 0.507 e. The molecule has 5 nitrogen and oxygen atoms in total. The van der Waals surface area contributed by atoms with Crippen LogP contribution in [0.4, 0.5) is 13.2 Å². The molecule has 1 aliphatic carbocycles. The third-order valence-electron chi connectivity index (χ3n) is 4.99. The van der Waals surface area contributed by atoms with Gasteiger partial charge in [0.05, 0.1) is 5.56 Å². The maximum absolute atomic E-state index is 13.0. The van der Waals surface area contributed by atoms with E-state index < -0.39 is 17.5 Å². The minimum Gasteiger partial charge on any atom is -0.507 e. The van der Waals surface area contributed by atoms with Crippen molar-refractivity contribution < 1.29 is 22.7 Å². The molecule has 1 aliphatic rings. The second-order valence-electron chi connectivity index (χ2n) is 7.46. The highest BCUT2D eigenvalue weighted by molar-refractivity contribution is 5.61. The molecule has 146 valence electrons. The van der Waals surface area contributed by atoms with Gasteiger partial charge in [0.2, 0.25) is 11.8 Å². The van der Waals surface area contributed by atoms with Gasteiger partial charge < -0.3 is 15.3 Å². The predicted molar refractivity (Wildman–Crippen MR) is 96.5 cm³/mol. The fraction of sp³-hybridized carbons (Fsp3) is 0.300. The van der Waals surface area contributed by atoms with E-state index in [2.05, 4.69) is 10.2 Å². The highest BCUT2D eigenvalue weighted by Crippen LogP contribution is 2.38. The van der Waals surface area contributed by atoms with Gasteiger partial charge >= 0.3 is 6.18 Å². The molecule has 0 radical (unpaired) electrons. The topological polar surface area (TPSA) is 85.2 Å². The van der Waals surface area contributed by atoms with Crippen molar-refractivity contribution in [3.63, 3.8) is 0 Å². The molecule has 0 aliphatic heterocycles. The average Bonchev–Trinajstić information content (AvgIpc) is 3.10. The minimum absolute atomic E-state index is 0.0538. The molecule has 3 aromatic rings. The van der Waals surface area contributed by atoms with Gasteiger partial charge in [-0.3, -0.25) is 0 Å². The van der Waals surface area contributed by atoms with Gasteiger partial charge in [-0.25, -0.2) is 0 Å². The zero-order valence-electron chi connectivity index (χ0n) is 15.0. The van der Waals surface area contributed by atoms with Crippen LogP contribution in [0.15, 0.2) is 40.8 Å². The molecule has 8 heteroatoms. The van der Waals surface area contributed by atoms with E-state index in [1.165, 1.54) is 11.6 Å². The number of aromatic nitrogens is 2. The number of phenols is 1. The Labute approximate surface area is 159 Å². The van der Waals surface area contributed by atoms with Gasteiger partial charge in [0, 0.05) is 16.7 Å². The van der Waals surface area contributed by atoms with Crippen LogP contribution in [-0.2, 0) is 19.0 Å². The molecule has 0 fully saturated rings. The first-order valence-corrected chi connectivity index (χ1v) is 8.77. The number of halogens is 3. The lowest BCUT2D eigenvalue weighted by Crippen LogP contribution is -2.41. The summed E-state index contributed by atoms with van der Waals surface area (Å²) in [5, 5.41) is 17.3. The maximum atomic E-state index is 13.0. The first-order chi connectivity index (χ1) is 13.1. The minimum atomic E-state index is -4.68. The lowest BCUT2D eigenvalue weighted by atomic mass is 9.79. The monoisotopic (exact) mass is 389 g/mol. The number of rotatable bonds is 2. The number of nitrogens with two attached hydrogens (primary N) is 1. The molecule has 0 amide bonds. The van der Waals surface area contributed by atoms with Crippen LogP contribution in [0, 0.1) is 0 Å². The Morgan fingerprint density at radius 1 is 1.04 bits per heavy atom. The Kier molecular flexibility index (Phi) is 4.19. The van der Waals surface area contributed by atoms with Crippen molar-refractivity contribution in [2.75, 3.05) is 0 Å². The first kappa shape index (κ1) is 18.5. The third kappa shape index (κ3) is 3.47. The number of alkyl halides is 3. The molecule has 0 saturated heterocycles. The fourth-order valence-corrected chi connectivity index (χ4v) is 3.46. The molecule has 1 aromatic heterocycles. The molecule has 1 atom stereocenters. The van der Waals surface area contributed by atoms with Crippen LogP contribution in [0.2, 0.25) is 0 Å². The normalized spacial score (nSPS) is 19.5. The number of benzene rings is 2. The van der Waals surface area contributed by atoms with Crippen molar-refractivity contribution in [3.05, 3.63) is 53.1 Å². The average molecular weight is 389 g/mol. The first-order valence-electron chi connectivity index (χ1n) is 8.77. The van der Waals surface area contributed by atoms with Crippen LogP contribution < -0.4 is 5.73 Å². The van der Waals surface area contributed by atoms with E-state index in [0.717, 1.165) is 37.0 Å². The Morgan fingerprint density at radius 2 is 1.68 bits per heavy atom. The van der Waals surface area contributed by atoms with E-state index in [1.807, 2.05) is 25.1 Å². The number of aryl methyl sites for hydroxylation is 1. The molecule has 0 unspecified atom stereocenters. The zero-order valence-corrected chi connectivity index (χ0v) is 15.0. The summed E-state index contributed by atoms with van der Waals surface area (Å²) in [5.74, 6) is -0.693. The molecule has 4 rings (SSSR count). The lowest BCUT2D eigenvalue weighted by molar-refractivity contribution is -0.138. The Hall–Kier alpha value is -2.87. The fourth-order valence-electron chi connectivity index (χ4n) is 3.46. The number of phenolic OH excluding ortho intramolecular Hbond substituents is 1. The number of hydrogen-bond acceptors (Lipinski definition) is 5. The quantitative estimate of drug-likeness (QED) is 0.681. The zero-order chi connectivity index (χ0) is 20.1. The van der Waals surface area contributed by atoms with Crippen molar-refractivity contribution in [2.24, 2.45) is 5.73 Å². The van der Waals surface area contributed by atoms with Gasteiger partial charge in [0.15, 0.2) is 0 Å². The van der Waals surface area contributed by atoms with E-state index in [-0.39, 0.29) is 22.9 Å². The SMILES string of the molecule is C[C@]1(N)CCc2ccc(-c3nnc(-c4ccc(O)c(C(F)(F)F)c4)o3)cc2C1. The molecule has 1 heterocycles. The van der Waals surface area contributed by atoms with E-state index in [0.29, 0.717) is 5.56 Å². The van der Waals surface area contributed by atoms with Gasteiger partial charge in [-0.1, -0.05) is 6.07 Å². The van der Waals surface area contributed by atoms with Crippen LogP contribution in [0.5, 0.6) is 5.75 Å². The van der Waals surface area contributed by atoms with Gasteiger partial charge in [-0.15, -0.1) is 10.2 Å². The van der Waals surface area contributed by atoms with Crippen molar-refractivity contribution >= 4 is 0 Å². The Bertz CT molecular complexity index is 1040. The van der Waals surface area contributed by atoms with Gasteiger partial charge in [0.1, 0.15) is 5.75 Å². The summed E-state index contributed by atoms with van der Waals surface area (Å²) in [7, 11) is 0. The number of hydrogen-bond donors (Lipinski definition) is 2. The van der Waals surface area contributed by atoms with Crippen molar-refractivity contribution in [2.45, 2.75) is 37.9 Å². The Morgan fingerprint density at radius 3 is 2.36 bits per heavy atom. The van der Waals surface area contributed by atoms with Crippen LogP contribution in [0.1, 0.15) is 30.0 Å². The molecule has 0 bridgehead atoms. The summed E-state index contributed by atoms with van der Waals surface area (Å²) < 4.78 is 44.6. The van der Waals surface area contributed by atoms with Crippen molar-refractivity contribution in [1.29, 1.82) is 0 Å². The van der Waals surface area contributed by atoms with Crippen LogP contribution in [0.25, 0.3) is 22.9 Å². The molecule has 0 spiro atoms. The van der Waals surface area contributed by atoms with Crippen LogP contribution >= 0.6 is 0 Å². The van der Waals surface area contributed by atoms with Crippen molar-refractivity contribution in [1.82, 2.24) is 10.2 Å². The number of aromatic hydroxyl groups is 1. The molecule has 2 aromatic carbocycles. The summed E-state index contributed by atoms with van der Waals surface area (Å²) >= 11 is 0. The third-order valence-corrected chi connectivity index (χ3v) is 4.99. The molecule has 28 heavy (non-hydrogen) atoms. The van der Waals surface area contributed by atoms with Crippen molar-refractivity contribution in [3.8, 4) is 28.7 Å². The highest BCUT2D eigenvalue weighted by Gasteiger charge is 2.34. The molecule has 3 N–H and O–H groups in total. The van der Waals surface area contributed by atoms with E-state index >= 15 is 0 Å². The second kappa shape index (κ2) is 6.34.